The van der Waals surface area contributed by atoms with Crippen molar-refractivity contribution in [1.82, 2.24) is 10.3 Å². The fourth-order valence-electron chi connectivity index (χ4n) is 3.44. The zero-order chi connectivity index (χ0) is 26.8. The van der Waals surface area contributed by atoms with E-state index < -0.39 is 50.5 Å². The molecule has 0 aliphatic heterocycles. The largest absolute Gasteiger partial charge is 0.433 e. The predicted molar refractivity (Wildman–Crippen MR) is 123 cm³/mol. The zero-order valence-corrected chi connectivity index (χ0v) is 19.9. The first-order chi connectivity index (χ1) is 16.7. The van der Waals surface area contributed by atoms with Crippen molar-refractivity contribution in [2.75, 3.05) is 6.26 Å². The summed E-state index contributed by atoms with van der Waals surface area (Å²) in [6.07, 6.45) is -3.89. The van der Waals surface area contributed by atoms with Crippen LogP contribution >= 0.6 is 0 Å². The quantitative estimate of drug-likeness (QED) is 0.442. The summed E-state index contributed by atoms with van der Waals surface area (Å²) in [5.74, 6) is -3.21. The Labute approximate surface area is 204 Å². The van der Waals surface area contributed by atoms with Gasteiger partial charge >= 0.3 is 6.18 Å². The topological polar surface area (TPSA) is 102 Å². The first kappa shape index (κ1) is 27.2. The maximum absolute atomic E-state index is 14.5. The number of aromatic nitrogens is 1. The Morgan fingerprint density at radius 3 is 2.31 bits per heavy atom. The van der Waals surface area contributed by atoms with Crippen LogP contribution in [-0.4, -0.2) is 25.6 Å². The fourth-order valence-corrected chi connectivity index (χ4v) is 4.09. The lowest BCUT2D eigenvalue weighted by Gasteiger charge is -2.17. The van der Waals surface area contributed by atoms with Crippen LogP contribution in [0.25, 0.3) is 11.3 Å². The summed E-state index contributed by atoms with van der Waals surface area (Å²) in [5, 5.41) is 0.971. The van der Waals surface area contributed by atoms with Crippen molar-refractivity contribution < 1.29 is 35.2 Å². The summed E-state index contributed by atoms with van der Waals surface area (Å²) in [5.41, 5.74) is 4.01. The summed E-state index contributed by atoms with van der Waals surface area (Å²) in [6.45, 7) is 1.18. The van der Waals surface area contributed by atoms with Crippen LogP contribution in [0.3, 0.4) is 0 Å². The van der Waals surface area contributed by atoms with E-state index in [4.69, 9.17) is 5.73 Å². The molecule has 1 aromatic heterocycles. The molecule has 0 aliphatic rings. The van der Waals surface area contributed by atoms with Crippen molar-refractivity contribution in [2.24, 2.45) is 5.73 Å². The Hall–Kier alpha value is -3.38. The van der Waals surface area contributed by atoms with E-state index in [-0.39, 0.29) is 34.5 Å². The highest BCUT2D eigenvalue weighted by Crippen LogP contribution is 2.32. The second kappa shape index (κ2) is 10.3. The number of sulfone groups is 1. The number of rotatable bonds is 7. The van der Waals surface area contributed by atoms with Crippen molar-refractivity contribution >= 4 is 15.7 Å². The molecule has 0 saturated heterocycles. The average Bonchev–Trinajstić information content (AvgIpc) is 2.80. The normalized spacial score (nSPS) is 13.8. The van der Waals surface area contributed by atoms with Crippen LogP contribution in [0.1, 0.15) is 40.6 Å². The summed E-state index contributed by atoms with van der Waals surface area (Å²) in [7, 11) is -3.75. The van der Waals surface area contributed by atoms with Gasteiger partial charge in [-0.2, -0.15) is 13.2 Å². The molecule has 0 bridgehead atoms. The van der Waals surface area contributed by atoms with Crippen LogP contribution in [0.15, 0.2) is 54.6 Å². The minimum atomic E-state index is -4.76. The molecule has 2 atom stereocenters. The molecule has 0 saturated carbocycles. The molecule has 0 radical (unpaired) electrons. The van der Waals surface area contributed by atoms with Crippen LogP contribution in [0.4, 0.5) is 22.0 Å². The maximum Gasteiger partial charge on any atom is 0.433 e. The van der Waals surface area contributed by atoms with Gasteiger partial charge in [0.2, 0.25) is 5.91 Å². The summed E-state index contributed by atoms with van der Waals surface area (Å²) >= 11 is 0. The van der Waals surface area contributed by atoms with Crippen molar-refractivity contribution in [3.8, 4) is 11.3 Å². The number of benzene rings is 2. The van der Waals surface area contributed by atoms with Gasteiger partial charge in [-0.25, -0.2) is 22.2 Å². The number of nitrogens with two attached hydrogens (primary N) is 1. The van der Waals surface area contributed by atoms with E-state index >= 15 is 0 Å². The molecule has 2 unspecified atom stereocenters. The minimum absolute atomic E-state index is 0.134. The van der Waals surface area contributed by atoms with Crippen molar-refractivity contribution in [2.45, 2.75) is 30.9 Å². The van der Waals surface area contributed by atoms with E-state index in [0.717, 1.165) is 30.5 Å². The minimum Gasteiger partial charge on any atom is -0.351 e. The summed E-state index contributed by atoms with van der Waals surface area (Å²) < 4.78 is 91.7. The number of pyridine rings is 1. The molecule has 36 heavy (non-hydrogen) atoms. The van der Waals surface area contributed by atoms with Gasteiger partial charge in [-0.3, -0.25) is 4.79 Å². The standard InChI is InChI=1S/C24H22F5N3O3S/c1-13(14-7-9-17(19(26)11-14)22(30)36(2,34)35)23(33)31-12-15-8-10-20(24(27,28)29)32-21(15)16-5-3-4-6-18(16)25/h3-11,13,22H,12,30H2,1-2H3,(H,31,33). The van der Waals surface area contributed by atoms with Gasteiger partial charge in [-0.1, -0.05) is 30.3 Å². The molecule has 6 nitrogen and oxygen atoms in total. The lowest BCUT2D eigenvalue weighted by Crippen LogP contribution is -2.28. The van der Waals surface area contributed by atoms with Gasteiger partial charge in [0.25, 0.3) is 0 Å². The molecule has 2 aromatic carbocycles. The lowest BCUT2D eigenvalue weighted by atomic mass is 9.98. The number of carbonyl (C=O) groups excluding carboxylic acids is 1. The Kier molecular flexibility index (Phi) is 7.79. The molecule has 3 rings (SSSR count). The fraction of sp³-hybridized carbons (Fsp3) is 0.250. The molecule has 0 spiro atoms. The number of alkyl halides is 3. The second-order valence-corrected chi connectivity index (χ2v) is 10.3. The number of nitrogens with zero attached hydrogens (tertiary/aromatic N) is 1. The monoisotopic (exact) mass is 527 g/mol. The summed E-state index contributed by atoms with van der Waals surface area (Å²) in [6, 6.07) is 10.5. The van der Waals surface area contributed by atoms with Crippen LogP contribution in [0, 0.1) is 11.6 Å². The van der Waals surface area contributed by atoms with Crippen molar-refractivity contribution in [3.63, 3.8) is 0 Å². The summed E-state index contributed by atoms with van der Waals surface area (Å²) in [4.78, 5) is 16.3. The van der Waals surface area contributed by atoms with E-state index in [2.05, 4.69) is 10.3 Å². The van der Waals surface area contributed by atoms with E-state index in [1.807, 2.05) is 0 Å². The third-order valence-electron chi connectivity index (χ3n) is 5.54. The number of hydrogen-bond acceptors (Lipinski definition) is 5. The predicted octanol–water partition coefficient (Wildman–Crippen LogP) is 4.47. The molecule has 3 N–H and O–H groups in total. The smallest absolute Gasteiger partial charge is 0.351 e. The van der Waals surface area contributed by atoms with Crippen LogP contribution in [0.2, 0.25) is 0 Å². The Balaban J connectivity index is 1.84. The van der Waals surface area contributed by atoms with Gasteiger partial charge < -0.3 is 11.1 Å². The Bertz CT molecular complexity index is 1390. The molecule has 3 aromatic rings. The van der Waals surface area contributed by atoms with E-state index in [1.54, 1.807) is 0 Å². The highest BCUT2D eigenvalue weighted by molar-refractivity contribution is 7.90. The van der Waals surface area contributed by atoms with Crippen molar-refractivity contribution in [1.29, 1.82) is 0 Å². The van der Waals surface area contributed by atoms with E-state index in [1.165, 1.54) is 37.3 Å². The van der Waals surface area contributed by atoms with Gasteiger partial charge in [0.15, 0.2) is 9.84 Å². The number of amides is 1. The van der Waals surface area contributed by atoms with Gasteiger partial charge in [0, 0.05) is 23.9 Å². The van der Waals surface area contributed by atoms with Crippen LogP contribution < -0.4 is 11.1 Å². The molecule has 0 aliphatic carbocycles. The van der Waals surface area contributed by atoms with Crippen LogP contribution in [-0.2, 0) is 27.4 Å². The third-order valence-corrected chi connectivity index (χ3v) is 6.71. The maximum atomic E-state index is 14.5. The van der Waals surface area contributed by atoms with Crippen LogP contribution in [0.5, 0.6) is 0 Å². The zero-order valence-electron chi connectivity index (χ0n) is 19.1. The van der Waals surface area contributed by atoms with Crippen molar-refractivity contribution in [3.05, 3.63) is 88.6 Å². The van der Waals surface area contributed by atoms with Gasteiger partial charge in [0.05, 0.1) is 11.6 Å². The van der Waals surface area contributed by atoms with Gasteiger partial charge in [0.1, 0.15) is 22.7 Å². The molecule has 192 valence electrons. The highest BCUT2D eigenvalue weighted by atomic mass is 32.2. The average molecular weight is 528 g/mol. The Morgan fingerprint density at radius 1 is 1.06 bits per heavy atom. The van der Waals surface area contributed by atoms with Gasteiger partial charge in [-0.05, 0) is 42.3 Å². The first-order valence-electron chi connectivity index (χ1n) is 10.5. The third kappa shape index (κ3) is 6.05. The van der Waals surface area contributed by atoms with Gasteiger partial charge in [-0.15, -0.1) is 0 Å². The lowest BCUT2D eigenvalue weighted by molar-refractivity contribution is -0.141. The molecular formula is C24H22F5N3O3S. The number of nitrogens with one attached hydrogen (secondary N) is 1. The molecule has 0 fully saturated rings. The molecule has 12 heteroatoms. The van der Waals surface area contributed by atoms with E-state index in [9.17, 15) is 35.2 Å². The SMILES string of the molecule is CC(C(=O)NCc1ccc(C(F)(F)F)nc1-c1ccccc1F)c1ccc(C(N)S(C)(=O)=O)c(F)c1. The number of halogens is 5. The first-order valence-corrected chi connectivity index (χ1v) is 12.5. The highest BCUT2D eigenvalue weighted by Gasteiger charge is 2.33. The Morgan fingerprint density at radius 2 is 1.72 bits per heavy atom. The molecule has 1 amide bonds. The number of carbonyl (C=O) groups is 1. The molecule has 1 heterocycles. The van der Waals surface area contributed by atoms with E-state index in [0.29, 0.717) is 0 Å². The number of hydrogen-bond donors (Lipinski definition) is 2. The second-order valence-electron chi connectivity index (χ2n) is 8.15. The molecular weight excluding hydrogens is 505 g/mol.